The van der Waals surface area contributed by atoms with Gasteiger partial charge < -0.3 is 20.1 Å². The molecule has 0 bridgehead atoms. The summed E-state index contributed by atoms with van der Waals surface area (Å²) in [5.41, 5.74) is 0.160. The molecule has 1 aromatic rings. The van der Waals surface area contributed by atoms with Gasteiger partial charge >= 0.3 is 12.2 Å². The highest BCUT2D eigenvalue weighted by Crippen LogP contribution is 2.08. The van der Waals surface area contributed by atoms with Gasteiger partial charge in [-0.2, -0.15) is 0 Å². The summed E-state index contributed by atoms with van der Waals surface area (Å²) < 4.78 is 32.9. The highest BCUT2D eigenvalue weighted by Gasteiger charge is 2.22. The molecule has 1 unspecified atom stereocenters. The minimum atomic E-state index is -3.79. The smallest absolute Gasteiger partial charge is 0.407 e. The van der Waals surface area contributed by atoms with Crippen LogP contribution in [0, 0.1) is 0 Å². The second-order valence-electron chi connectivity index (χ2n) is 7.30. The number of hydrogen-bond donors (Lipinski definition) is 3. The molecule has 0 aliphatic rings. The zero-order valence-corrected chi connectivity index (χ0v) is 17.3. The van der Waals surface area contributed by atoms with E-state index in [1.807, 2.05) is 30.3 Å². The molecule has 0 radical (unpaired) electrons. The summed E-state index contributed by atoms with van der Waals surface area (Å²) in [7, 11) is -3.79. The molecular formula is C18H29N3O6S. The average molecular weight is 416 g/mol. The quantitative estimate of drug-likeness (QED) is 0.527. The molecule has 0 spiro atoms. The van der Waals surface area contributed by atoms with Gasteiger partial charge in [-0.05, 0) is 39.2 Å². The van der Waals surface area contributed by atoms with Gasteiger partial charge in [0.2, 0.25) is 10.0 Å². The number of ether oxygens (including phenoxy) is 2. The minimum Gasteiger partial charge on any atom is -0.445 e. The number of primary sulfonamides is 1. The van der Waals surface area contributed by atoms with Crippen LogP contribution < -0.4 is 15.8 Å². The minimum absolute atomic E-state index is 0.154. The van der Waals surface area contributed by atoms with E-state index >= 15 is 0 Å². The molecule has 158 valence electrons. The first kappa shape index (κ1) is 23.7. The maximum Gasteiger partial charge on any atom is 0.407 e. The van der Waals surface area contributed by atoms with Crippen LogP contribution in [0.1, 0.15) is 39.2 Å². The molecule has 1 aromatic carbocycles. The number of nitrogens with one attached hydrogen (secondary N) is 2. The van der Waals surface area contributed by atoms with Gasteiger partial charge in [0.1, 0.15) is 12.2 Å². The molecule has 4 N–H and O–H groups in total. The van der Waals surface area contributed by atoms with Gasteiger partial charge in [-0.1, -0.05) is 30.3 Å². The van der Waals surface area contributed by atoms with Gasteiger partial charge in [0.25, 0.3) is 0 Å². The Balaban J connectivity index is 2.38. The molecule has 0 saturated heterocycles. The third kappa shape index (κ3) is 12.1. The largest absolute Gasteiger partial charge is 0.445 e. The Labute approximate surface area is 166 Å². The third-order valence-electron chi connectivity index (χ3n) is 3.37. The Morgan fingerprint density at radius 3 is 2.36 bits per heavy atom. The lowest BCUT2D eigenvalue weighted by atomic mass is 10.2. The van der Waals surface area contributed by atoms with Gasteiger partial charge in [-0.3, -0.25) is 0 Å². The number of rotatable bonds is 9. The number of nitrogens with two attached hydrogens (primary N) is 1. The summed E-state index contributed by atoms with van der Waals surface area (Å²) in [5, 5.41) is 10.2. The number of carbonyl (C=O) groups is 2. The van der Waals surface area contributed by atoms with Crippen molar-refractivity contribution in [1.82, 2.24) is 10.6 Å². The predicted molar refractivity (Wildman–Crippen MR) is 105 cm³/mol. The van der Waals surface area contributed by atoms with E-state index in [1.54, 1.807) is 20.8 Å². The predicted octanol–water partition coefficient (Wildman–Crippen LogP) is 1.87. The summed E-state index contributed by atoms with van der Waals surface area (Å²) in [5.74, 6) is -0.426. The van der Waals surface area contributed by atoms with Crippen molar-refractivity contribution >= 4 is 22.2 Å². The van der Waals surface area contributed by atoms with Crippen LogP contribution in [-0.4, -0.2) is 44.5 Å². The highest BCUT2D eigenvalue weighted by atomic mass is 32.2. The fourth-order valence-electron chi connectivity index (χ4n) is 2.26. The van der Waals surface area contributed by atoms with Crippen LogP contribution in [0.15, 0.2) is 30.3 Å². The molecule has 0 saturated carbocycles. The molecule has 2 amide bonds. The fraction of sp³-hybridized carbons (Fsp3) is 0.556. The number of sulfonamides is 1. The Kier molecular flexibility index (Phi) is 9.20. The van der Waals surface area contributed by atoms with Crippen molar-refractivity contribution in [1.29, 1.82) is 0 Å². The summed E-state index contributed by atoms with van der Waals surface area (Å²) in [6.07, 6.45) is -0.603. The molecule has 28 heavy (non-hydrogen) atoms. The molecule has 1 rings (SSSR count). The lowest BCUT2D eigenvalue weighted by molar-refractivity contribution is 0.0506. The standard InChI is InChI=1S/C18H29N3O6S/c1-18(2,3)27-17(23)21-15(13-28(19,24)25)10-7-11-20-16(22)26-12-14-8-5-4-6-9-14/h4-6,8-9,15H,7,10-13H2,1-3H3,(H,20,22)(H,21,23)(H2,19,24,25). The van der Waals surface area contributed by atoms with Gasteiger partial charge in [0.15, 0.2) is 0 Å². The molecule has 0 heterocycles. The molecule has 0 aromatic heterocycles. The van der Waals surface area contributed by atoms with Crippen LogP contribution in [0.4, 0.5) is 9.59 Å². The van der Waals surface area contributed by atoms with E-state index in [2.05, 4.69) is 10.6 Å². The zero-order valence-electron chi connectivity index (χ0n) is 16.4. The molecule has 1 atom stereocenters. The van der Waals surface area contributed by atoms with E-state index < -0.39 is 39.6 Å². The number of hydrogen-bond acceptors (Lipinski definition) is 6. The van der Waals surface area contributed by atoms with Crippen molar-refractivity contribution in [3.05, 3.63) is 35.9 Å². The lowest BCUT2D eigenvalue weighted by Gasteiger charge is -2.23. The van der Waals surface area contributed by atoms with E-state index in [-0.39, 0.29) is 19.6 Å². The van der Waals surface area contributed by atoms with Gasteiger partial charge in [-0.25, -0.2) is 23.1 Å². The Hall–Kier alpha value is -2.33. The monoisotopic (exact) mass is 415 g/mol. The van der Waals surface area contributed by atoms with E-state index in [9.17, 15) is 18.0 Å². The van der Waals surface area contributed by atoms with Crippen LogP contribution in [0.2, 0.25) is 0 Å². The summed E-state index contributed by atoms with van der Waals surface area (Å²) in [6.45, 7) is 5.51. The maximum absolute atomic E-state index is 11.9. The molecular weight excluding hydrogens is 386 g/mol. The van der Waals surface area contributed by atoms with Crippen LogP contribution >= 0.6 is 0 Å². The lowest BCUT2D eigenvalue weighted by Crippen LogP contribution is -2.44. The Morgan fingerprint density at radius 1 is 1.14 bits per heavy atom. The van der Waals surface area contributed by atoms with E-state index in [4.69, 9.17) is 14.6 Å². The zero-order chi connectivity index (χ0) is 21.2. The Morgan fingerprint density at radius 2 is 1.79 bits per heavy atom. The van der Waals surface area contributed by atoms with E-state index in [0.717, 1.165) is 5.56 Å². The SMILES string of the molecule is CC(C)(C)OC(=O)NC(CCCNC(=O)OCc1ccccc1)CS(N)(=O)=O. The number of amides is 2. The fourth-order valence-corrected chi connectivity index (χ4v) is 3.08. The molecule has 10 heteroatoms. The van der Waals surface area contributed by atoms with E-state index in [0.29, 0.717) is 6.42 Å². The van der Waals surface area contributed by atoms with Crippen molar-refractivity contribution in [2.75, 3.05) is 12.3 Å². The molecule has 0 aliphatic heterocycles. The van der Waals surface area contributed by atoms with Crippen LogP contribution in [0.5, 0.6) is 0 Å². The molecule has 0 aliphatic carbocycles. The van der Waals surface area contributed by atoms with Crippen molar-refractivity contribution in [3.63, 3.8) is 0 Å². The first-order valence-corrected chi connectivity index (χ1v) is 10.6. The summed E-state index contributed by atoms with van der Waals surface area (Å²) in [6, 6.07) is 8.51. The molecule has 0 fully saturated rings. The second-order valence-corrected chi connectivity index (χ2v) is 8.96. The van der Waals surface area contributed by atoms with Crippen molar-refractivity contribution in [3.8, 4) is 0 Å². The van der Waals surface area contributed by atoms with Crippen molar-refractivity contribution in [2.45, 2.75) is 51.9 Å². The first-order chi connectivity index (χ1) is 12.9. The number of benzene rings is 1. The third-order valence-corrected chi connectivity index (χ3v) is 4.23. The molecule has 9 nitrogen and oxygen atoms in total. The van der Waals surface area contributed by atoms with Crippen molar-refractivity contribution in [2.24, 2.45) is 5.14 Å². The van der Waals surface area contributed by atoms with Gasteiger partial charge in [-0.15, -0.1) is 0 Å². The number of carbonyl (C=O) groups excluding carboxylic acids is 2. The maximum atomic E-state index is 11.9. The van der Waals surface area contributed by atoms with Gasteiger partial charge in [0, 0.05) is 12.6 Å². The Bertz CT molecular complexity index is 731. The van der Waals surface area contributed by atoms with E-state index in [1.165, 1.54) is 0 Å². The van der Waals surface area contributed by atoms with Crippen LogP contribution in [0.25, 0.3) is 0 Å². The van der Waals surface area contributed by atoms with Crippen LogP contribution in [0.3, 0.4) is 0 Å². The first-order valence-electron chi connectivity index (χ1n) is 8.89. The highest BCUT2D eigenvalue weighted by molar-refractivity contribution is 7.89. The summed E-state index contributed by atoms with van der Waals surface area (Å²) >= 11 is 0. The normalized spacial score (nSPS) is 12.7. The van der Waals surface area contributed by atoms with Crippen LogP contribution in [-0.2, 0) is 26.1 Å². The second kappa shape index (κ2) is 10.9. The topological polar surface area (TPSA) is 137 Å². The number of alkyl carbamates (subject to hydrolysis) is 2. The summed E-state index contributed by atoms with van der Waals surface area (Å²) in [4.78, 5) is 23.5. The van der Waals surface area contributed by atoms with Gasteiger partial charge in [0.05, 0.1) is 5.75 Å². The average Bonchev–Trinajstić information content (AvgIpc) is 2.54. The van der Waals surface area contributed by atoms with Crippen molar-refractivity contribution < 1.29 is 27.5 Å².